The van der Waals surface area contributed by atoms with Gasteiger partial charge in [0.25, 0.3) is 0 Å². The average Bonchev–Trinajstić information content (AvgIpc) is 2.31. The lowest BCUT2D eigenvalue weighted by molar-refractivity contribution is -0.181. The molecule has 2 heterocycles. The minimum atomic E-state index is -2.46. The van der Waals surface area contributed by atoms with Crippen molar-refractivity contribution in [2.75, 3.05) is 20.4 Å². The van der Waals surface area contributed by atoms with E-state index in [9.17, 15) is 4.57 Å². The molecule has 112 valence electrons. The molecule has 6 heteroatoms. The van der Waals surface area contributed by atoms with Gasteiger partial charge in [-0.3, -0.25) is 4.98 Å². The molecular weight excluding hydrogens is 277 g/mol. The molecule has 0 aromatic carbocycles. The van der Waals surface area contributed by atoms with E-state index in [-0.39, 0.29) is 0 Å². The molecule has 0 spiro atoms. The van der Waals surface area contributed by atoms with E-state index in [1.165, 1.54) is 0 Å². The lowest BCUT2D eigenvalue weighted by atomic mass is 10.1. The first kappa shape index (κ1) is 15.5. The Kier molecular flexibility index (Phi) is 3.98. The molecule has 1 aliphatic rings. The van der Waals surface area contributed by atoms with Crippen LogP contribution in [0.1, 0.15) is 36.5 Å². The fourth-order valence-electron chi connectivity index (χ4n) is 2.39. The third-order valence-electron chi connectivity index (χ3n) is 3.31. The number of nitrogens with zero attached hydrogens (tertiary/aromatic N) is 1. The number of rotatable bonds is 3. The minimum absolute atomic E-state index is 0.404. The standard InChI is InChI=1S/C14H22NO4P/c1-9-12-11(8-18-14(2,3)19-12)10(7-15-9)13(17-4)20(5,6)16/h7,13H,8H2,1-6H3. The summed E-state index contributed by atoms with van der Waals surface area (Å²) in [6, 6.07) is 0. The summed E-state index contributed by atoms with van der Waals surface area (Å²) in [5.41, 5.74) is 2.47. The van der Waals surface area contributed by atoms with E-state index < -0.39 is 18.8 Å². The predicted molar refractivity (Wildman–Crippen MR) is 77.7 cm³/mol. The fourth-order valence-corrected chi connectivity index (χ4v) is 3.79. The van der Waals surface area contributed by atoms with E-state index in [0.29, 0.717) is 12.4 Å². The highest BCUT2D eigenvalue weighted by Gasteiger charge is 2.35. The monoisotopic (exact) mass is 299 g/mol. The second-order valence-electron chi connectivity index (χ2n) is 5.92. The molecule has 5 nitrogen and oxygen atoms in total. The van der Waals surface area contributed by atoms with Gasteiger partial charge in [0.2, 0.25) is 5.79 Å². The number of methoxy groups -OCH3 is 1. The molecule has 0 saturated heterocycles. The number of pyridine rings is 1. The van der Waals surface area contributed by atoms with E-state index in [4.69, 9.17) is 14.2 Å². The van der Waals surface area contributed by atoms with Crippen LogP contribution in [0.2, 0.25) is 0 Å². The first-order valence-corrected chi connectivity index (χ1v) is 9.21. The molecule has 0 saturated carbocycles. The Labute approximate surface area is 120 Å². The van der Waals surface area contributed by atoms with Gasteiger partial charge in [0, 0.05) is 38.3 Å². The third-order valence-corrected chi connectivity index (χ3v) is 4.93. The van der Waals surface area contributed by atoms with Crippen molar-refractivity contribution in [2.24, 2.45) is 0 Å². The van der Waals surface area contributed by atoms with Crippen LogP contribution in [0.25, 0.3) is 0 Å². The molecule has 1 aliphatic heterocycles. The number of aromatic nitrogens is 1. The number of aryl methyl sites for hydroxylation is 1. The van der Waals surface area contributed by atoms with Crippen LogP contribution in [0.3, 0.4) is 0 Å². The fraction of sp³-hybridized carbons (Fsp3) is 0.643. The molecule has 0 aliphatic carbocycles. The number of hydrogen-bond acceptors (Lipinski definition) is 5. The molecule has 1 aromatic rings. The molecule has 0 N–H and O–H groups in total. The van der Waals surface area contributed by atoms with Gasteiger partial charge in [-0.05, 0) is 20.3 Å². The Balaban J connectivity index is 2.55. The maximum absolute atomic E-state index is 12.4. The summed E-state index contributed by atoms with van der Waals surface area (Å²) in [7, 11) is -0.904. The Morgan fingerprint density at radius 1 is 1.45 bits per heavy atom. The van der Waals surface area contributed by atoms with Gasteiger partial charge in [0.1, 0.15) is 18.7 Å². The summed E-state index contributed by atoms with van der Waals surface area (Å²) in [6.07, 6.45) is 1.72. The van der Waals surface area contributed by atoms with E-state index in [0.717, 1.165) is 16.8 Å². The van der Waals surface area contributed by atoms with Crippen molar-refractivity contribution in [3.8, 4) is 5.75 Å². The lowest BCUT2D eigenvalue weighted by Gasteiger charge is -2.35. The summed E-state index contributed by atoms with van der Waals surface area (Å²) < 4.78 is 29.4. The summed E-state index contributed by atoms with van der Waals surface area (Å²) in [4.78, 5) is 4.36. The quantitative estimate of drug-likeness (QED) is 0.801. The first-order valence-electron chi connectivity index (χ1n) is 6.54. The van der Waals surface area contributed by atoms with Gasteiger partial charge in [-0.1, -0.05) is 0 Å². The molecule has 2 rings (SSSR count). The smallest absolute Gasteiger partial charge is 0.205 e. The lowest BCUT2D eigenvalue weighted by Crippen LogP contribution is -2.36. The highest BCUT2D eigenvalue weighted by molar-refractivity contribution is 7.62. The van der Waals surface area contributed by atoms with E-state index in [1.807, 2.05) is 20.8 Å². The third kappa shape index (κ3) is 2.90. The van der Waals surface area contributed by atoms with Crippen LogP contribution >= 0.6 is 7.14 Å². The molecule has 0 radical (unpaired) electrons. The van der Waals surface area contributed by atoms with Crippen molar-refractivity contribution in [3.63, 3.8) is 0 Å². The highest BCUT2D eigenvalue weighted by Crippen LogP contribution is 2.55. The molecular formula is C14H22NO4P. The van der Waals surface area contributed by atoms with Crippen molar-refractivity contribution in [2.45, 2.75) is 39.0 Å². The second-order valence-corrected chi connectivity index (χ2v) is 9.26. The maximum atomic E-state index is 12.4. The Morgan fingerprint density at radius 3 is 2.65 bits per heavy atom. The zero-order chi connectivity index (χ0) is 15.1. The van der Waals surface area contributed by atoms with Crippen molar-refractivity contribution in [3.05, 3.63) is 23.0 Å². The number of hydrogen-bond donors (Lipinski definition) is 0. The van der Waals surface area contributed by atoms with Crippen LogP contribution in [-0.4, -0.2) is 31.2 Å². The largest absolute Gasteiger partial charge is 0.461 e. The molecule has 1 unspecified atom stereocenters. The average molecular weight is 299 g/mol. The van der Waals surface area contributed by atoms with Crippen molar-refractivity contribution >= 4 is 7.14 Å². The summed E-state index contributed by atoms with van der Waals surface area (Å²) >= 11 is 0. The minimum Gasteiger partial charge on any atom is -0.461 e. The maximum Gasteiger partial charge on any atom is 0.205 e. The molecule has 1 atom stereocenters. The summed E-state index contributed by atoms with van der Waals surface area (Å²) in [5, 5.41) is 0. The van der Waals surface area contributed by atoms with Crippen molar-refractivity contribution in [1.82, 2.24) is 4.98 Å². The van der Waals surface area contributed by atoms with E-state index in [1.54, 1.807) is 26.6 Å². The SMILES string of the molecule is COC(c1cnc(C)c2c1COC(C)(C)O2)P(C)(C)=O. The topological polar surface area (TPSA) is 57.6 Å². The second kappa shape index (κ2) is 5.14. The molecule has 0 amide bonds. The van der Waals surface area contributed by atoms with Crippen molar-refractivity contribution in [1.29, 1.82) is 0 Å². The van der Waals surface area contributed by atoms with E-state index in [2.05, 4.69) is 4.98 Å². The molecule has 0 fully saturated rings. The van der Waals surface area contributed by atoms with Crippen LogP contribution in [0.4, 0.5) is 0 Å². The molecule has 20 heavy (non-hydrogen) atoms. The summed E-state index contributed by atoms with van der Waals surface area (Å²) in [5.74, 6) is -0.449. The van der Waals surface area contributed by atoms with Gasteiger partial charge < -0.3 is 18.8 Å². The van der Waals surface area contributed by atoms with Gasteiger partial charge in [0.15, 0.2) is 0 Å². The van der Waals surface area contributed by atoms with Crippen molar-refractivity contribution < 1.29 is 18.8 Å². The zero-order valence-electron chi connectivity index (χ0n) is 12.9. The van der Waals surface area contributed by atoms with Gasteiger partial charge in [-0.2, -0.15) is 0 Å². The van der Waals surface area contributed by atoms with Crippen LogP contribution in [0.15, 0.2) is 6.20 Å². The van der Waals surface area contributed by atoms with Crippen LogP contribution in [-0.2, 0) is 20.6 Å². The zero-order valence-corrected chi connectivity index (χ0v) is 13.8. The van der Waals surface area contributed by atoms with Crippen LogP contribution < -0.4 is 4.74 Å². The normalized spacial score (nSPS) is 19.1. The number of fused-ring (bicyclic) bond motifs is 1. The van der Waals surface area contributed by atoms with Gasteiger partial charge in [-0.25, -0.2) is 0 Å². The van der Waals surface area contributed by atoms with Gasteiger partial charge in [-0.15, -0.1) is 0 Å². The highest BCUT2D eigenvalue weighted by atomic mass is 31.2. The number of ether oxygens (including phenoxy) is 3. The Morgan fingerprint density at radius 2 is 2.10 bits per heavy atom. The Hall–Kier alpha value is -0.900. The Bertz CT molecular complexity index is 565. The summed E-state index contributed by atoms with van der Waals surface area (Å²) in [6.45, 7) is 9.44. The van der Waals surface area contributed by atoms with E-state index >= 15 is 0 Å². The first-order chi connectivity index (χ1) is 9.15. The van der Waals surface area contributed by atoms with Crippen LogP contribution in [0.5, 0.6) is 5.75 Å². The van der Waals surface area contributed by atoms with Crippen LogP contribution in [0, 0.1) is 6.92 Å². The molecule has 1 aromatic heterocycles. The van der Waals surface area contributed by atoms with Gasteiger partial charge >= 0.3 is 0 Å². The van der Waals surface area contributed by atoms with Gasteiger partial charge in [0.05, 0.1) is 12.3 Å². The molecule has 0 bridgehead atoms. The predicted octanol–water partition coefficient (Wildman–Crippen LogP) is 3.30.